The third-order valence-corrected chi connectivity index (χ3v) is 3.50. The molecule has 1 fully saturated rings. The van der Waals surface area contributed by atoms with E-state index in [1.54, 1.807) is 11.8 Å². The topological polar surface area (TPSA) is 67.9 Å². The van der Waals surface area contributed by atoms with Crippen molar-refractivity contribution in [3.05, 3.63) is 30.3 Å². The maximum Gasteiger partial charge on any atom is 0.409 e. The maximum absolute atomic E-state index is 11.9. The molecule has 1 saturated heterocycles. The number of likely N-dealkylation sites (tertiary alicyclic amines) is 1. The van der Waals surface area contributed by atoms with Crippen LogP contribution in [0.15, 0.2) is 30.3 Å². The highest BCUT2D eigenvalue weighted by molar-refractivity contribution is 5.77. The van der Waals surface area contributed by atoms with E-state index in [1.165, 1.54) is 0 Å². The summed E-state index contributed by atoms with van der Waals surface area (Å²) in [5.74, 6) is 0.535. The molecule has 22 heavy (non-hydrogen) atoms. The van der Waals surface area contributed by atoms with Crippen molar-refractivity contribution in [1.29, 1.82) is 0 Å². The van der Waals surface area contributed by atoms with E-state index in [0.29, 0.717) is 25.4 Å². The predicted molar refractivity (Wildman–Crippen MR) is 81.7 cm³/mol. The molecule has 0 aromatic heterocycles. The van der Waals surface area contributed by atoms with Crippen LogP contribution in [0.4, 0.5) is 4.79 Å². The third-order valence-electron chi connectivity index (χ3n) is 3.50. The number of carbonyl (C=O) groups excluding carboxylic acids is 2. The van der Waals surface area contributed by atoms with E-state index >= 15 is 0 Å². The summed E-state index contributed by atoms with van der Waals surface area (Å²) in [6.07, 6.45) is 1.19. The molecule has 1 aliphatic heterocycles. The van der Waals surface area contributed by atoms with Gasteiger partial charge in [0.2, 0.25) is 0 Å². The Hall–Kier alpha value is -2.24. The van der Waals surface area contributed by atoms with Crippen LogP contribution in [0.25, 0.3) is 0 Å². The number of benzene rings is 1. The molecule has 6 heteroatoms. The molecule has 1 aromatic rings. The largest absolute Gasteiger partial charge is 0.484 e. The predicted octanol–water partition coefficient (Wildman–Crippen LogP) is 1.80. The first-order chi connectivity index (χ1) is 10.7. The SMILES string of the molecule is CCOC(=O)N1CCC(NC(=O)COc2ccccc2)CC1. The van der Waals surface area contributed by atoms with Crippen LogP contribution in [0.2, 0.25) is 0 Å². The molecule has 0 spiro atoms. The standard InChI is InChI=1S/C16H22N2O4/c1-2-21-16(20)18-10-8-13(9-11-18)17-15(19)12-22-14-6-4-3-5-7-14/h3-7,13H,2,8-12H2,1H3,(H,17,19). The molecule has 1 heterocycles. The van der Waals surface area contributed by atoms with E-state index in [4.69, 9.17) is 9.47 Å². The normalized spacial score (nSPS) is 15.2. The fourth-order valence-electron chi connectivity index (χ4n) is 2.36. The zero-order chi connectivity index (χ0) is 15.8. The molecule has 0 unspecified atom stereocenters. The van der Waals surface area contributed by atoms with E-state index in [9.17, 15) is 9.59 Å². The van der Waals surface area contributed by atoms with Gasteiger partial charge in [0.25, 0.3) is 5.91 Å². The first-order valence-corrected chi connectivity index (χ1v) is 7.58. The number of ether oxygens (including phenoxy) is 2. The molecular weight excluding hydrogens is 284 g/mol. The van der Waals surface area contributed by atoms with Crippen molar-refractivity contribution in [2.75, 3.05) is 26.3 Å². The zero-order valence-electron chi connectivity index (χ0n) is 12.8. The van der Waals surface area contributed by atoms with Gasteiger partial charge in [-0.25, -0.2) is 4.79 Å². The molecule has 1 N–H and O–H groups in total. The summed E-state index contributed by atoms with van der Waals surface area (Å²) in [6.45, 7) is 3.37. The minimum atomic E-state index is -0.278. The average Bonchev–Trinajstić information content (AvgIpc) is 2.55. The van der Waals surface area contributed by atoms with Gasteiger partial charge in [-0.2, -0.15) is 0 Å². The Morgan fingerprint density at radius 1 is 1.23 bits per heavy atom. The second-order valence-corrected chi connectivity index (χ2v) is 5.13. The number of carbonyl (C=O) groups is 2. The van der Waals surface area contributed by atoms with Gasteiger partial charge in [0, 0.05) is 19.1 Å². The minimum Gasteiger partial charge on any atom is -0.484 e. The number of hydrogen-bond acceptors (Lipinski definition) is 4. The van der Waals surface area contributed by atoms with Gasteiger partial charge < -0.3 is 19.7 Å². The van der Waals surface area contributed by atoms with Gasteiger partial charge in [0.05, 0.1) is 6.61 Å². The van der Waals surface area contributed by atoms with E-state index in [-0.39, 0.29) is 24.6 Å². The van der Waals surface area contributed by atoms with Crippen LogP contribution in [0.5, 0.6) is 5.75 Å². The second-order valence-electron chi connectivity index (χ2n) is 5.13. The Morgan fingerprint density at radius 2 is 1.91 bits per heavy atom. The number of rotatable bonds is 5. The molecule has 0 saturated carbocycles. The highest BCUT2D eigenvalue weighted by atomic mass is 16.6. The van der Waals surface area contributed by atoms with Gasteiger partial charge in [-0.15, -0.1) is 0 Å². The molecule has 1 aliphatic rings. The molecule has 0 atom stereocenters. The fraction of sp³-hybridized carbons (Fsp3) is 0.500. The van der Waals surface area contributed by atoms with Crippen molar-refractivity contribution in [3.63, 3.8) is 0 Å². The van der Waals surface area contributed by atoms with Crippen molar-refractivity contribution in [3.8, 4) is 5.75 Å². The first-order valence-electron chi connectivity index (χ1n) is 7.58. The van der Waals surface area contributed by atoms with E-state index < -0.39 is 0 Å². The van der Waals surface area contributed by atoms with Crippen molar-refractivity contribution in [2.24, 2.45) is 0 Å². The summed E-state index contributed by atoms with van der Waals surface area (Å²) in [4.78, 5) is 25.1. The lowest BCUT2D eigenvalue weighted by atomic mass is 10.1. The quantitative estimate of drug-likeness (QED) is 0.901. The molecule has 120 valence electrons. The van der Waals surface area contributed by atoms with Crippen LogP contribution in [0.1, 0.15) is 19.8 Å². The summed E-state index contributed by atoms with van der Waals surface area (Å²) in [7, 11) is 0. The summed E-state index contributed by atoms with van der Waals surface area (Å²) in [6, 6.07) is 9.31. The molecule has 0 aliphatic carbocycles. The van der Waals surface area contributed by atoms with Crippen molar-refractivity contribution < 1.29 is 19.1 Å². The van der Waals surface area contributed by atoms with Crippen molar-refractivity contribution >= 4 is 12.0 Å². The minimum absolute atomic E-state index is 0.00209. The van der Waals surface area contributed by atoms with Crippen LogP contribution >= 0.6 is 0 Å². The lowest BCUT2D eigenvalue weighted by Crippen LogP contribution is -2.47. The fourth-order valence-corrected chi connectivity index (χ4v) is 2.36. The van der Waals surface area contributed by atoms with Crippen molar-refractivity contribution in [1.82, 2.24) is 10.2 Å². The van der Waals surface area contributed by atoms with E-state index in [2.05, 4.69) is 5.32 Å². The number of piperidine rings is 1. The Labute approximate surface area is 130 Å². The zero-order valence-corrected chi connectivity index (χ0v) is 12.8. The first kappa shape index (κ1) is 16.1. The highest BCUT2D eigenvalue weighted by Gasteiger charge is 2.24. The van der Waals surface area contributed by atoms with E-state index in [0.717, 1.165) is 12.8 Å². The smallest absolute Gasteiger partial charge is 0.409 e. The summed E-state index contributed by atoms with van der Waals surface area (Å²) >= 11 is 0. The molecule has 0 radical (unpaired) electrons. The van der Waals surface area contributed by atoms with Gasteiger partial charge in [-0.3, -0.25) is 4.79 Å². The number of nitrogens with one attached hydrogen (secondary N) is 1. The lowest BCUT2D eigenvalue weighted by molar-refractivity contribution is -0.124. The molecule has 2 amide bonds. The average molecular weight is 306 g/mol. The number of nitrogens with zero attached hydrogens (tertiary/aromatic N) is 1. The Bertz CT molecular complexity index is 484. The summed E-state index contributed by atoms with van der Waals surface area (Å²) in [5, 5.41) is 2.94. The van der Waals surface area contributed by atoms with Gasteiger partial charge >= 0.3 is 6.09 Å². The summed E-state index contributed by atoms with van der Waals surface area (Å²) < 4.78 is 10.4. The Kier molecular flexibility index (Phi) is 6.06. The summed E-state index contributed by atoms with van der Waals surface area (Å²) in [5.41, 5.74) is 0. The van der Waals surface area contributed by atoms with Crippen LogP contribution < -0.4 is 10.1 Å². The van der Waals surface area contributed by atoms with Gasteiger partial charge in [0.1, 0.15) is 5.75 Å². The molecule has 1 aromatic carbocycles. The highest BCUT2D eigenvalue weighted by Crippen LogP contribution is 2.12. The van der Waals surface area contributed by atoms with Crippen LogP contribution in [-0.2, 0) is 9.53 Å². The maximum atomic E-state index is 11.9. The van der Waals surface area contributed by atoms with Gasteiger partial charge in [-0.1, -0.05) is 18.2 Å². The monoisotopic (exact) mass is 306 g/mol. The Morgan fingerprint density at radius 3 is 2.55 bits per heavy atom. The molecule has 0 bridgehead atoms. The molecule has 2 rings (SSSR count). The number of hydrogen-bond donors (Lipinski definition) is 1. The lowest BCUT2D eigenvalue weighted by Gasteiger charge is -2.31. The molecular formula is C16H22N2O4. The third kappa shape index (κ3) is 4.95. The number of para-hydroxylation sites is 1. The van der Waals surface area contributed by atoms with Crippen LogP contribution in [0.3, 0.4) is 0 Å². The van der Waals surface area contributed by atoms with Crippen LogP contribution in [-0.4, -0.2) is 49.2 Å². The van der Waals surface area contributed by atoms with Gasteiger partial charge in [-0.05, 0) is 31.9 Å². The molecule has 6 nitrogen and oxygen atoms in total. The van der Waals surface area contributed by atoms with Crippen molar-refractivity contribution in [2.45, 2.75) is 25.8 Å². The second kappa shape index (κ2) is 8.26. The van der Waals surface area contributed by atoms with Crippen LogP contribution in [0, 0.1) is 0 Å². The number of amides is 2. The van der Waals surface area contributed by atoms with E-state index in [1.807, 2.05) is 30.3 Å². The Balaban J connectivity index is 1.67. The van der Waals surface area contributed by atoms with Gasteiger partial charge in [0.15, 0.2) is 6.61 Å².